The summed E-state index contributed by atoms with van der Waals surface area (Å²) in [4.78, 5) is 26.8. The molecule has 3 atom stereocenters. The van der Waals surface area contributed by atoms with Crippen LogP contribution in [0.5, 0.6) is 0 Å². The van der Waals surface area contributed by atoms with Gasteiger partial charge in [-0.15, -0.1) is 0 Å². The summed E-state index contributed by atoms with van der Waals surface area (Å²) in [6, 6.07) is 10.1. The van der Waals surface area contributed by atoms with E-state index in [0.717, 1.165) is 11.0 Å². The van der Waals surface area contributed by atoms with Crippen molar-refractivity contribution in [2.75, 3.05) is 25.2 Å². The maximum Gasteiger partial charge on any atom is 0.319 e. The topological polar surface area (TPSA) is 78.5 Å². The van der Waals surface area contributed by atoms with Crippen LogP contribution in [0.25, 0.3) is 5.57 Å². The Morgan fingerprint density at radius 2 is 1.86 bits per heavy atom. The maximum atomic E-state index is 16.6. The van der Waals surface area contributed by atoms with Crippen molar-refractivity contribution in [3.8, 4) is 0 Å². The molecule has 37 heavy (non-hydrogen) atoms. The largest absolute Gasteiger partial charge is 0.326 e. The Bertz CT molecular complexity index is 1330. The summed E-state index contributed by atoms with van der Waals surface area (Å²) in [7, 11) is -3.74. The van der Waals surface area contributed by atoms with Crippen LogP contribution in [0.3, 0.4) is 0 Å². The third-order valence-electron chi connectivity index (χ3n) is 6.50. The predicted molar refractivity (Wildman–Crippen MR) is 139 cm³/mol. The van der Waals surface area contributed by atoms with Gasteiger partial charge in [0.2, 0.25) is 11.3 Å². The van der Waals surface area contributed by atoms with Crippen LogP contribution in [0, 0.1) is 5.82 Å². The van der Waals surface area contributed by atoms with Gasteiger partial charge in [0.05, 0.1) is 11.4 Å². The number of nitrogens with zero attached hydrogens (tertiary/aromatic N) is 1. The lowest BCUT2D eigenvalue weighted by atomic mass is 9.90. The fourth-order valence-electron chi connectivity index (χ4n) is 4.58. The third kappa shape index (κ3) is 5.20. The number of benzene rings is 2. The molecule has 0 aromatic heterocycles. The fraction of sp³-hybridized carbons (Fsp3) is 0.308. The van der Waals surface area contributed by atoms with Crippen molar-refractivity contribution < 1.29 is 27.3 Å². The number of nitrogens with one attached hydrogen (secondary N) is 2. The molecule has 1 aliphatic heterocycles. The molecule has 0 saturated carbocycles. The van der Waals surface area contributed by atoms with Crippen LogP contribution in [0.4, 0.5) is 23.7 Å². The first-order valence-electron chi connectivity index (χ1n) is 11.6. The van der Waals surface area contributed by atoms with Crippen molar-refractivity contribution in [3.63, 3.8) is 0 Å². The van der Waals surface area contributed by atoms with E-state index in [-0.39, 0.29) is 34.9 Å². The van der Waals surface area contributed by atoms with Crippen molar-refractivity contribution >= 4 is 41.9 Å². The number of hydrogen-bond donors (Lipinski definition) is 2. The van der Waals surface area contributed by atoms with Crippen LogP contribution in [0.1, 0.15) is 18.4 Å². The van der Waals surface area contributed by atoms with E-state index in [9.17, 15) is 18.5 Å². The number of carbonyl (C=O) groups excluding carboxylic acids is 2. The summed E-state index contributed by atoms with van der Waals surface area (Å²) in [5, 5.41) is 2.08. The van der Waals surface area contributed by atoms with Crippen LogP contribution >= 0.6 is 18.7 Å². The van der Waals surface area contributed by atoms with Gasteiger partial charge in [0.1, 0.15) is 19.0 Å². The molecule has 2 aromatic carbocycles. The number of allylic oxidation sites excluding steroid dienone is 4. The highest BCUT2D eigenvalue weighted by Gasteiger charge is 2.57. The zero-order valence-electron chi connectivity index (χ0n) is 20.2. The van der Waals surface area contributed by atoms with E-state index in [4.69, 9.17) is 11.6 Å². The van der Waals surface area contributed by atoms with Crippen molar-refractivity contribution in [2.24, 2.45) is 0 Å². The number of amides is 3. The van der Waals surface area contributed by atoms with E-state index in [1.54, 1.807) is 30.3 Å². The van der Waals surface area contributed by atoms with Crippen LogP contribution in [-0.2, 0) is 9.36 Å². The standard InChI is InChI=1S/C26H26ClF3N3O3P/c1-37(2,36)26(30)18(16-7-4-3-5-8-16)11-13-22(23(26)29)33-14-6-9-21(24(33)34)32-25(35)31-20-12-10-17(27)15-19(20)28/h3-5,7-8,10-13,15,21,23H,6,9,14H2,1-2H3,(H2,31,32,35)/t21-,23?,26?/m1/s1. The minimum absolute atomic E-state index is 0.0545. The Kier molecular flexibility index (Phi) is 7.58. The first-order chi connectivity index (χ1) is 17.4. The Morgan fingerprint density at radius 1 is 1.16 bits per heavy atom. The number of carbonyl (C=O) groups is 2. The summed E-state index contributed by atoms with van der Waals surface area (Å²) in [6.45, 7) is 2.46. The van der Waals surface area contributed by atoms with E-state index >= 15 is 8.78 Å². The number of urea groups is 1. The van der Waals surface area contributed by atoms with Crippen molar-refractivity contribution in [1.82, 2.24) is 10.2 Å². The van der Waals surface area contributed by atoms with E-state index in [0.29, 0.717) is 12.0 Å². The van der Waals surface area contributed by atoms with Gasteiger partial charge in [0, 0.05) is 17.1 Å². The number of anilines is 1. The molecule has 0 radical (unpaired) electrons. The number of halogens is 4. The van der Waals surface area contributed by atoms with Crippen LogP contribution < -0.4 is 10.6 Å². The van der Waals surface area contributed by atoms with E-state index in [1.165, 1.54) is 37.6 Å². The van der Waals surface area contributed by atoms with Gasteiger partial charge in [-0.2, -0.15) is 0 Å². The molecule has 1 fully saturated rings. The molecule has 0 spiro atoms. The SMILES string of the molecule is CP(C)(=O)C1(F)C(c2ccccc2)=CC=C(N2CCC[C@@H](NC(=O)Nc3ccc(Cl)cc3F)C2=O)C1F. The average Bonchev–Trinajstić information content (AvgIpc) is 2.84. The van der Waals surface area contributed by atoms with Crippen LogP contribution in [-0.4, -0.2) is 54.3 Å². The lowest BCUT2D eigenvalue weighted by Crippen LogP contribution is -2.55. The van der Waals surface area contributed by atoms with E-state index < -0.39 is 42.5 Å². The monoisotopic (exact) mass is 551 g/mol. The van der Waals surface area contributed by atoms with Crippen LogP contribution in [0.2, 0.25) is 5.02 Å². The maximum absolute atomic E-state index is 16.6. The minimum atomic E-state index is -3.74. The van der Waals surface area contributed by atoms with Crippen molar-refractivity contribution in [3.05, 3.63) is 82.8 Å². The van der Waals surface area contributed by atoms with E-state index in [2.05, 4.69) is 10.6 Å². The molecular weight excluding hydrogens is 526 g/mol. The Balaban J connectivity index is 1.59. The lowest BCUT2D eigenvalue weighted by molar-refractivity contribution is -0.134. The quantitative estimate of drug-likeness (QED) is 0.434. The highest BCUT2D eigenvalue weighted by molar-refractivity contribution is 7.64. The number of hydrogen-bond acceptors (Lipinski definition) is 3. The summed E-state index contributed by atoms with van der Waals surface area (Å²) in [6.07, 6.45) is 0.945. The second kappa shape index (κ2) is 10.4. The zero-order chi connectivity index (χ0) is 27.0. The van der Waals surface area contributed by atoms with Gasteiger partial charge in [0.15, 0.2) is 6.17 Å². The second-order valence-corrected chi connectivity index (χ2v) is 13.1. The summed E-state index contributed by atoms with van der Waals surface area (Å²) >= 11 is 5.72. The van der Waals surface area contributed by atoms with Gasteiger partial charge in [-0.05, 0) is 56.0 Å². The molecule has 1 aliphatic carbocycles. The summed E-state index contributed by atoms with van der Waals surface area (Å²) in [5.74, 6) is -1.40. The molecule has 196 valence electrons. The molecule has 2 unspecified atom stereocenters. The average molecular weight is 552 g/mol. The smallest absolute Gasteiger partial charge is 0.319 e. The second-order valence-electron chi connectivity index (χ2n) is 9.33. The Labute approximate surface area is 217 Å². The van der Waals surface area contributed by atoms with Crippen molar-refractivity contribution in [2.45, 2.75) is 30.5 Å². The molecule has 2 aromatic rings. The molecular formula is C26H26ClF3N3O3P. The highest BCUT2D eigenvalue weighted by Crippen LogP contribution is 2.63. The lowest BCUT2D eigenvalue weighted by Gasteiger charge is -2.42. The van der Waals surface area contributed by atoms with Crippen molar-refractivity contribution in [1.29, 1.82) is 0 Å². The fourth-order valence-corrected chi connectivity index (χ4v) is 6.20. The first kappa shape index (κ1) is 27.0. The molecule has 2 aliphatic rings. The molecule has 6 nitrogen and oxygen atoms in total. The molecule has 1 heterocycles. The van der Waals surface area contributed by atoms with Crippen LogP contribution in [0.15, 0.2) is 66.4 Å². The molecule has 11 heteroatoms. The Hall–Kier alpha value is -3.03. The molecule has 1 saturated heterocycles. The van der Waals surface area contributed by atoms with Gasteiger partial charge in [-0.1, -0.05) is 48.0 Å². The number of likely N-dealkylation sites (tertiary alicyclic amines) is 1. The number of alkyl halides is 2. The van der Waals surface area contributed by atoms with E-state index in [1.807, 2.05) is 0 Å². The number of rotatable bonds is 5. The summed E-state index contributed by atoms with van der Waals surface area (Å²) in [5.41, 5.74) is -0.0568. The molecule has 3 amide bonds. The number of piperidine rings is 1. The third-order valence-corrected chi connectivity index (χ3v) is 8.77. The van der Waals surface area contributed by atoms with Gasteiger partial charge in [-0.3, -0.25) is 4.79 Å². The van der Waals surface area contributed by atoms with Gasteiger partial charge >= 0.3 is 6.03 Å². The zero-order valence-corrected chi connectivity index (χ0v) is 21.8. The normalized spacial score (nSPS) is 24.3. The minimum Gasteiger partial charge on any atom is -0.326 e. The molecule has 2 N–H and O–H groups in total. The van der Waals surface area contributed by atoms with Gasteiger partial charge in [0.25, 0.3) is 0 Å². The summed E-state index contributed by atoms with van der Waals surface area (Å²) < 4.78 is 59.8. The first-order valence-corrected chi connectivity index (χ1v) is 14.6. The van der Waals surface area contributed by atoms with Gasteiger partial charge < -0.3 is 20.1 Å². The molecule has 4 rings (SSSR count). The molecule has 0 bridgehead atoms. The highest BCUT2D eigenvalue weighted by atomic mass is 35.5. The van der Waals surface area contributed by atoms with Gasteiger partial charge in [-0.25, -0.2) is 18.0 Å². The predicted octanol–water partition coefficient (Wildman–Crippen LogP) is 6.20. The Morgan fingerprint density at radius 3 is 2.51 bits per heavy atom.